The van der Waals surface area contributed by atoms with Crippen LogP contribution in [0.4, 0.5) is 11.4 Å². The Hall–Kier alpha value is -2.46. The molecule has 0 N–H and O–H groups in total. The van der Waals surface area contributed by atoms with Gasteiger partial charge in [-0.05, 0) is 12.1 Å². The Bertz CT molecular complexity index is 813. The summed E-state index contributed by atoms with van der Waals surface area (Å²) in [5.74, 6) is 0. The zero-order chi connectivity index (χ0) is 16.4. The van der Waals surface area contributed by atoms with Crippen molar-refractivity contribution in [3.8, 4) is 0 Å². The van der Waals surface area contributed by atoms with Gasteiger partial charge in [0.2, 0.25) is 0 Å². The molecule has 0 unspecified atom stereocenters. The maximum absolute atomic E-state index is 12.4. The molecule has 0 aliphatic carbocycles. The predicted molar refractivity (Wildman–Crippen MR) is 80.9 cm³/mol. The summed E-state index contributed by atoms with van der Waals surface area (Å²) in [7, 11) is -3.89. The highest BCUT2D eigenvalue weighted by molar-refractivity contribution is 7.90. The van der Waals surface area contributed by atoms with Crippen molar-refractivity contribution in [2.75, 3.05) is 31.2 Å². The molecule has 0 saturated carbocycles. The lowest BCUT2D eigenvalue weighted by Crippen LogP contribution is -2.36. The number of hydrogen-bond acceptors (Lipinski definition) is 7. The molecular formula is C13H14N4O5S. The van der Waals surface area contributed by atoms with Crippen molar-refractivity contribution in [3.05, 3.63) is 47.0 Å². The third kappa shape index (κ3) is 2.90. The highest BCUT2D eigenvalue weighted by Crippen LogP contribution is 2.31. The zero-order valence-electron chi connectivity index (χ0n) is 12.0. The van der Waals surface area contributed by atoms with Crippen LogP contribution in [-0.4, -0.2) is 48.6 Å². The van der Waals surface area contributed by atoms with E-state index in [4.69, 9.17) is 4.74 Å². The molecule has 2 heterocycles. The minimum Gasteiger partial charge on any atom is -0.378 e. The molecule has 0 atom stereocenters. The molecule has 1 aromatic carbocycles. The lowest BCUT2D eigenvalue weighted by Gasteiger charge is -2.28. The predicted octanol–water partition coefficient (Wildman–Crippen LogP) is 0.865. The van der Waals surface area contributed by atoms with Crippen molar-refractivity contribution >= 4 is 21.4 Å². The second-order valence-corrected chi connectivity index (χ2v) is 6.75. The molecule has 0 amide bonds. The van der Waals surface area contributed by atoms with Crippen LogP contribution in [0.1, 0.15) is 0 Å². The Balaban J connectivity index is 2.05. The van der Waals surface area contributed by atoms with Crippen LogP contribution in [0.3, 0.4) is 0 Å². The van der Waals surface area contributed by atoms with E-state index in [0.29, 0.717) is 32.0 Å². The molecule has 10 heteroatoms. The molecule has 1 aliphatic heterocycles. The van der Waals surface area contributed by atoms with E-state index >= 15 is 0 Å². The maximum Gasteiger partial charge on any atom is 0.293 e. The first kappa shape index (κ1) is 15.4. The van der Waals surface area contributed by atoms with Crippen LogP contribution in [0.5, 0.6) is 0 Å². The van der Waals surface area contributed by atoms with E-state index in [1.807, 2.05) is 4.90 Å². The maximum atomic E-state index is 12.4. The van der Waals surface area contributed by atoms with E-state index in [-0.39, 0.29) is 10.6 Å². The number of nitro groups is 1. The Labute approximate surface area is 132 Å². The van der Waals surface area contributed by atoms with Gasteiger partial charge in [-0.25, -0.2) is 17.4 Å². The summed E-state index contributed by atoms with van der Waals surface area (Å²) in [6.07, 6.45) is 3.74. The Morgan fingerprint density at radius 1 is 1.26 bits per heavy atom. The molecule has 2 aromatic rings. The van der Waals surface area contributed by atoms with Crippen molar-refractivity contribution in [1.82, 2.24) is 8.96 Å². The second-order valence-electron chi connectivity index (χ2n) is 4.90. The average Bonchev–Trinajstić information content (AvgIpc) is 3.10. The van der Waals surface area contributed by atoms with E-state index < -0.39 is 14.9 Å². The normalized spacial score (nSPS) is 15.6. The third-order valence-corrected chi connectivity index (χ3v) is 5.17. The number of nitro benzene ring substituents is 1. The summed E-state index contributed by atoms with van der Waals surface area (Å²) in [4.78, 5) is 16.1. The summed E-state index contributed by atoms with van der Waals surface area (Å²) in [6, 6.07) is 3.92. The lowest BCUT2D eigenvalue weighted by atomic mass is 10.2. The summed E-state index contributed by atoms with van der Waals surface area (Å²) in [5.41, 5.74) is 0.149. The third-order valence-electron chi connectivity index (χ3n) is 3.55. The monoisotopic (exact) mass is 338 g/mol. The molecule has 1 fully saturated rings. The SMILES string of the molecule is O=[N+]([O-])c1cc(S(=O)(=O)n2ccnc2)ccc1N1CCOCC1. The first-order valence-electron chi connectivity index (χ1n) is 6.85. The fourth-order valence-electron chi connectivity index (χ4n) is 2.39. The van der Waals surface area contributed by atoms with Gasteiger partial charge in [0.25, 0.3) is 15.7 Å². The first-order valence-corrected chi connectivity index (χ1v) is 8.29. The number of aromatic nitrogens is 2. The van der Waals surface area contributed by atoms with Crippen LogP contribution in [-0.2, 0) is 14.8 Å². The topological polar surface area (TPSA) is 108 Å². The number of benzene rings is 1. The number of morpholine rings is 1. The fourth-order valence-corrected chi connectivity index (χ4v) is 3.53. The molecule has 9 nitrogen and oxygen atoms in total. The van der Waals surface area contributed by atoms with Crippen LogP contribution in [0.25, 0.3) is 0 Å². The van der Waals surface area contributed by atoms with Crippen molar-refractivity contribution in [2.45, 2.75) is 4.90 Å². The van der Waals surface area contributed by atoms with Crippen molar-refractivity contribution < 1.29 is 18.1 Å². The molecule has 0 bridgehead atoms. The zero-order valence-corrected chi connectivity index (χ0v) is 12.8. The van der Waals surface area contributed by atoms with E-state index in [1.165, 1.54) is 24.5 Å². The van der Waals surface area contributed by atoms with Crippen LogP contribution < -0.4 is 4.90 Å². The highest BCUT2D eigenvalue weighted by atomic mass is 32.2. The number of rotatable bonds is 4. The smallest absolute Gasteiger partial charge is 0.293 e. The minimum absolute atomic E-state index is 0.154. The number of anilines is 1. The van der Waals surface area contributed by atoms with E-state index in [9.17, 15) is 18.5 Å². The van der Waals surface area contributed by atoms with Gasteiger partial charge in [-0.15, -0.1) is 0 Å². The molecular weight excluding hydrogens is 324 g/mol. The quantitative estimate of drug-likeness (QED) is 0.601. The van der Waals surface area contributed by atoms with E-state index in [0.717, 1.165) is 16.4 Å². The number of imidazole rings is 1. The van der Waals surface area contributed by atoms with E-state index in [1.54, 1.807) is 0 Å². The van der Waals surface area contributed by atoms with Crippen LogP contribution in [0, 0.1) is 10.1 Å². The molecule has 3 rings (SSSR count). The lowest BCUT2D eigenvalue weighted by molar-refractivity contribution is -0.384. The number of nitrogens with zero attached hydrogens (tertiary/aromatic N) is 4. The van der Waals surface area contributed by atoms with Crippen molar-refractivity contribution in [3.63, 3.8) is 0 Å². The first-order chi connectivity index (χ1) is 11.0. The average molecular weight is 338 g/mol. The highest BCUT2D eigenvalue weighted by Gasteiger charge is 2.26. The Kier molecular flexibility index (Phi) is 4.01. The minimum atomic E-state index is -3.89. The largest absolute Gasteiger partial charge is 0.378 e. The summed E-state index contributed by atoms with van der Waals surface area (Å²) in [6.45, 7) is 2.00. The standard InChI is InChI=1S/C13H14N4O5S/c18-17(19)13-9-11(23(20,21)16-4-3-14-10-16)1-2-12(13)15-5-7-22-8-6-15/h1-4,9-10H,5-8H2. The summed E-state index contributed by atoms with van der Waals surface area (Å²) in [5, 5.41) is 11.4. The van der Waals surface area contributed by atoms with Crippen LogP contribution in [0.2, 0.25) is 0 Å². The molecule has 1 aliphatic rings. The van der Waals surface area contributed by atoms with Gasteiger partial charge in [-0.1, -0.05) is 0 Å². The Morgan fingerprint density at radius 3 is 2.61 bits per heavy atom. The van der Waals surface area contributed by atoms with Gasteiger partial charge >= 0.3 is 0 Å². The second kappa shape index (κ2) is 5.97. The van der Waals surface area contributed by atoms with Gasteiger partial charge in [0.1, 0.15) is 12.0 Å². The van der Waals surface area contributed by atoms with Gasteiger partial charge in [0.15, 0.2) is 0 Å². The number of hydrogen-bond donors (Lipinski definition) is 0. The van der Waals surface area contributed by atoms with Crippen LogP contribution >= 0.6 is 0 Å². The van der Waals surface area contributed by atoms with Crippen molar-refractivity contribution in [1.29, 1.82) is 0 Å². The van der Waals surface area contributed by atoms with Crippen LogP contribution in [0.15, 0.2) is 41.8 Å². The molecule has 1 aromatic heterocycles. The van der Waals surface area contributed by atoms with E-state index in [2.05, 4.69) is 4.98 Å². The van der Waals surface area contributed by atoms with Gasteiger partial charge < -0.3 is 9.64 Å². The summed E-state index contributed by atoms with van der Waals surface area (Å²) >= 11 is 0. The van der Waals surface area contributed by atoms with Crippen molar-refractivity contribution in [2.24, 2.45) is 0 Å². The number of ether oxygens (including phenoxy) is 1. The van der Waals surface area contributed by atoms with Gasteiger partial charge in [-0.2, -0.15) is 0 Å². The molecule has 0 radical (unpaired) electrons. The molecule has 1 saturated heterocycles. The van der Waals surface area contributed by atoms with Gasteiger partial charge in [0, 0.05) is 31.5 Å². The molecule has 122 valence electrons. The van der Waals surface area contributed by atoms with Gasteiger partial charge in [-0.3, -0.25) is 10.1 Å². The molecule has 0 spiro atoms. The fraction of sp³-hybridized carbons (Fsp3) is 0.308. The summed E-state index contributed by atoms with van der Waals surface area (Å²) < 4.78 is 31.0. The Morgan fingerprint density at radius 2 is 2.00 bits per heavy atom. The molecule has 23 heavy (non-hydrogen) atoms. The van der Waals surface area contributed by atoms with Gasteiger partial charge in [0.05, 0.1) is 23.0 Å².